The van der Waals surface area contributed by atoms with Crippen molar-refractivity contribution >= 4 is 58.2 Å². The summed E-state index contributed by atoms with van der Waals surface area (Å²) in [5.74, 6) is -6.96. The van der Waals surface area contributed by atoms with Crippen molar-refractivity contribution in [2.45, 2.75) is 122 Å². The van der Waals surface area contributed by atoms with Gasteiger partial charge in [-0.3, -0.25) is 33.6 Å². The smallest absolute Gasteiger partial charge is 0.326 e. The van der Waals surface area contributed by atoms with E-state index in [1.165, 1.54) is 24.3 Å². The largest absolute Gasteiger partial charge is 0.480 e. The van der Waals surface area contributed by atoms with E-state index in [-0.39, 0.29) is 44.6 Å². The number of para-hydroxylation sites is 1. The van der Waals surface area contributed by atoms with Gasteiger partial charge in [-0.15, -0.1) is 0 Å². The lowest BCUT2D eigenvalue weighted by molar-refractivity contribution is -0.143. The minimum Gasteiger partial charge on any atom is -0.480 e. The van der Waals surface area contributed by atoms with E-state index in [0.717, 1.165) is 16.5 Å². The number of nitrogens with zero attached hydrogens (tertiary/aromatic N) is 2. The molecule has 1 fully saturated rings. The molecule has 0 spiro atoms. The van der Waals surface area contributed by atoms with E-state index in [0.29, 0.717) is 17.7 Å². The third-order valence-corrected chi connectivity index (χ3v) is 11.9. The number of nitrogens with two attached hydrogens (primary N) is 1. The number of aromatic amines is 2. The van der Waals surface area contributed by atoms with E-state index in [4.69, 9.17) is 5.73 Å². The zero-order valence-electron chi connectivity index (χ0n) is 39.5. The van der Waals surface area contributed by atoms with Crippen molar-refractivity contribution < 1.29 is 48.6 Å². The Balaban J connectivity index is 1.24. The Morgan fingerprint density at radius 3 is 2.06 bits per heavy atom. The number of nitrogens with one attached hydrogen (secondary N) is 8. The van der Waals surface area contributed by atoms with Gasteiger partial charge in [0, 0.05) is 54.8 Å². The second-order valence-corrected chi connectivity index (χ2v) is 18.2. The Bertz CT molecular complexity index is 2410. The standard InChI is InChI=1S/C48H65N11O10/c1-26(2)18-35(44(64)58-41(28(5)60)47(67)56-37(45(65)57-40(27(3)4)48(68)69)20-30-22-51-34-15-10-9-14-32(30)34)55-46(66)38-16-11-17-59(38)39(61)24-52-43(63)36(19-29-12-7-6-8-13-29)54-42(62)33(49)21-31-23-50-25-53-31/h6-10,12-15,22-23,25-28,33,35-38,40-41,51,60H,11,16-21,24,49H2,1-5H3,(H,50,53)(H,52,63)(H,54,62)(H,55,66)(H,56,67)(H,57,65)(H,58,64)(H,68,69)/t28-,33+,35+,36+,37+,38+,40+,41+/m1/s1. The van der Waals surface area contributed by atoms with Crippen molar-refractivity contribution in [2.75, 3.05) is 13.1 Å². The van der Waals surface area contributed by atoms with Crippen LogP contribution in [0.2, 0.25) is 0 Å². The number of imidazole rings is 1. The maximum atomic E-state index is 14.0. The monoisotopic (exact) mass is 955 g/mol. The minimum atomic E-state index is -1.63. The van der Waals surface area contributed by atoms with Crippen LogP contribution >= 0.6 is 0 Å². The number of aliphatic hydroxyl groups excluding tert-OH is 1. The zero-order valence-corrected chi connectivity index (χ0v) is 39.5. The van der Waals surface area contributed by atoms with Crippen LogP contribution in [0.3, 0.4) is 0 Å². The number of carbonyl (C=O) groups excluding carboxylic acids is 7. The van der Waals surface area contributed by atoms with Crippen molar-refractivity contribution in [1.82, 2.24) is 51.8 Å². The molecule has 0 aliphatic carbocycles. The lowest BCUT2D eigenvalue weighted by atomic mass is 10.00. The number of aromatic nitrogens is 3. The van der Waals surface area contributed by atoms with Crippen molar-refractivity contribution in [1.29, 1.82) is 0 Å². The third kappa shape index (κ3) is 14.9. The van der Waals surface area contributed by atoms with Crippen molar-refractivity contribution in [3.8, 4) is 0 Å². The molecule has 12 N–H and O–H groups in total. The molecule has 0 bridgehead atoms. The van der Waals surface area contributed by atoms with Crippen molar-refractivity contribution in [3.05, 3.63) is 90.1 Å². The highest BCUT2D eigenvalue weighted by Crippen LogP contribution is 2.21. The summed E-state index contributed by atoms with van der Waals surface area (Å²) in [7, 11) is 0. The first-order valence-electron chi connectivity index (χ1n) is 23.1. The summed E-state index contributed by atoms with van der Waals surface area (Å²) >= 11 is 0. The van der Waals surface area contributed by atoms with E-state index < -0.39 is 108 Å². The highest BCUT2D eigenvalue weighted by molar-refractivity contribution is 5.98. The maximum absolute atomic E-state index is 14.0. The number of aliphatic carboxylic acids is 1. The fourth-order valence-corrected chi connectivity index (χ4v) is 8.18. The molecule has 7 amide bonds. The summed E-state index contributed by atoms with van der Waals surface area (Å²) in [6, 6.07) is 7.64. The summed E-state index contributed by atoms with van der Waals surface area (Å²) < 4.78 is 0. The highest BCUT2D eigenvalue weighted by Gasteiger charge is 2.38. The number of benzene rings is 2. The third-order valence-electron chi connectivity index (χ3n) is 11.9. The number of H-pyrrole nitrogens is 2. The van der Waals surface area contributed by atoms with Crippen LogP contribution in [0.5, 0.6) is 0 Å². The maximum Gasteiger partial charge on any atom is 0.326 e. The summed E-state index contributed by atoms with van der Waals surface area (Å²) in [6.45, 7) is 7.82. The average Bonchev–Trinajstić information content (AvgIpc) is 4.10. The molecule has 2 aromatic carbocycles. The van der Waals surface area contributed by atoms with Crippen LogP contribution in [0, 0.1) is 11.8 Å². The number of rotatable bonds is 24. The Morgan fingerprint density at radius 1 is 0.754 bits per heavy atom. The molecule has 21 nitrogen and oxygen atoms in total. The number of hydrogen-bond donors (Lipinski definition) is 11. The van der Waals surface area contributed by atoms with Gasteiger partial charge in [0.25, 0.3) is 0 Å². The number of hydrogen-bond acceptors (Lipinski definition) is 11. The first-order valence-corrected chi connectivity index (χ1v) is 23.1. The predicted molar refractivity (Wildman–Crippen MR) is 253 cm³/mol. The second kappa shape index (κ2) is 24.8. The van der Waals surface area contributed by atoms with E-state index in [2.05, 4.69) is 46.9 Å². The minimum absolute atomic E-state index is 0.0777. The molecule has 1 aliphatic rings. The molecular weight excluding hydrogens is 891 g/mol. The van der Waals surface area contributed by atoms with Gasteiger partial charge in [-0.2, -0.15) is 0 Å². The van der Waals surface area contributed by atoms with Crippen LogP contribution in [0.15, 0.2) is 73.3 Å². The Morgan fingerprint density at radius 2 is 1.41 bits per heavy atom. The zero-order chi connectivity index (χ0) is 50.4. The first-order chi connectivity index (χ1) is 32.8. The van der Waals surface area contributed by atoms with Crippen molar-refractivity contribution in [2.24, 2.45) is 17.6 Å². The second-order valence-electron chi connectivity index (χ2n) is 18.2. The van der Waals surface area contributed by atoms with E-state index in [9.17, 15) is 48.6 Å². The molecule has 372 valence electrons. The van der Waals surface area contributed by atoms with Crippen LogP contribution in [-0.2, 0) is 57.6 Å². The van der Waals surface area contributed by atoms with Gasteiger partial charge in [0.2, 0.25) is 41.4 Å². The van der Waals surface area contributed by atoms with Crippen LogP contribution in [0.25, 0.3) is 10.9 Å². The number of likely N-dealkylation sites (tertiary alicyclic amines) is 1. The van der Waals surface area contributed by atoms with E-state index in [1.807, 2.05) is 38.1 Å². The predicted octanol–water partition coefficient (Wildman–Crippen LogP) is -0.0551. The molecule has 0 saturated carbocycles. The van der Waals surface area contributed by atoms with E-state index in [1.54, 1.807) is 50.4 Å². The molecule has 0 unspecified atom stereocenters. The lowest BCUT2D eigenvalue weighted by Crippen LogP contribution is -2.61. The van der Waals surface area contributed by atoms with Gasteiger partial charge in [0.05, 0.1) is 25.0 Å². The quantitative estimate of drug-likeness (QED) is 0.0441. The highest BCUT2D eigenvalue weighted by atomic mass is 16.4. The molecule has 69 heavy (non-hydrogen) atoms. The van der Waals surface area contributed by atoms with Gasteiger partial charge in [0.1, 0.15) is 36.3 Å². The topological polar surface area (TPSA) is 323 Å². The van der Waals surface area contributed by atoms with Crippen LogP contribution in [-0.4, -0.2) is 139 Å². The molecular formula is C48H65N11O10. The number of carbonyl (C=O) groups is 8. The molecule has 0 radical (unpaired) electrons. The summed E-state index contributed by atoms with van der Waals surface area (Å²) in [4.78, 5) is 119. The Labute approximate surface area is 399 Å². The number of amides is 7. The van der Waals surface area contributed by atoms with Gasteiger partial charge in [0.15, 0.2) is 0 Å². The summed E-state index contributed by atoms with van der Waals surface area (Å²) in [5, 5.41) is 37.1. The average molecular weight is 956 g/mol. The fourth-order valence-electron chi connectivity index (χ4n) is 8.18. The Kier molecular flexibility index (Phi) is 19.0. The number of aliphatic hydroxyl groups is 1. The molecule has 8 atom stereocenters. The van der Waals surface area contributed by atoms with Gasteiger partial charge in [-0.1, -0.05) is 76.2 Å². The SMILES string of the molecule is CC(C)C[C@H](NC(=O)[C@@H]1CCCN1C(=O)CNC(=O)[C@H](Cc1ccccc1)NC(=O)[C@@H](N)Cc1cnc[nH]1)C(=O)N[C@H](C(=O)N[C@@H](Cc1c[nH]c2ccccc12)C(=O)N[C@H](C(=O)O)C(C)C)[C@@H](C)O. The molecule has 5 rings (SSSR count). The molecule has 1 aliphatic heterocycles. The number of carboxylic acid groups (broad SMARTS) is 1. The first kappa shape index (κ1) is 52.8. The molecule has 4 aromatic rings. The number of carboxylic acids is 1. The van der Waals surface area contributed by atoms with Crippen LogP contribution in [0.4, 0.5) is 0 Å². The molecule has 1 saturated heterocycles. The lowest BCUT2D eigenvalue weighted by Gasteiger charge is -2.29. The van der Waals surface area contributed by atoms with Crippen molar-refractivity contribution in [3.63, 3.8) is 0 Å². The van der Waals surface area contributed by atoms with Gasteiger partial charge in [-0.05, 0) is 55.2 Å². The van der Waals surface area contributed by atoms with Gasteiger partial charge >= 0.3 is 5.97 Å². The molecule has 3 heterocycles. The fraction of sp³-hybridized carbons (Fsp3) is 0.479. The normalized spacial score (nSPS) is 16.7. The van der Waals surface area contributed by atoms with Crippen LogP contribution < -0.4 is 37.6 Å². The summed E-state index contributed by atoms with van der Waals surface area (Å²) in [5.41, 5.74) is 8.92. The van der Waals surface area contributed by atoms with E-state index >= 15 is 0 Å². The Hall–Kier alpha value is -7.13. The molecule has 21 heteroatoms. The number of fused-ring (bicyclic) bond motifs is 1. The van der Waals surface area contributed by atoms with Crippen LogP contribution in [0.1, 0.15) is 70.7 Å². The molecule has 2 aromatic heterocycles. The summed E-state index contributed by atoms with van der Waals surface area (Å²) in [6.07, 6.45) is 4.13. The van der Waals surface area contributed by atoms with Gasteiger partial charge < -0.3 is 62.7 Å². The van der Waals surface area contributed by atoms with Gasteiger partial charge in [-0.25, -0.2) is 9.78 Å².